The third kappa shape index (κ3) is 4.96. The Kier molecular flexibility index (Phi) is 6.70. The molecule has 6 nitrogen and oxygen atoms in total. The average Bonchev–Trinajstić information content (AvgIpc) is 2.64. The number of ether oxygens (including phenoxy) is 1. The molecule has 0 radical (unpaired) electrons. The van der Waals surface area contributed by atoms with Gasteiger partial charge in [-0.15, -0.1) is 0 Å². The molecule has 1 atom stereocenters. The molecule has 0 fully saturated rings. The molecule has 3 N–H and O–H groups in total. The van der Waals surface area contributed by atoms with Crippen LogP contribution in [0.15, 0.2) is 42.5 Å². The highest BCUT2D eigenvalue weighted by Crippen LogP contribution is 2.40. The molecule has 0 bridgehead atoms. The molecule has 0 aromatic heterocycles. The van der Waals surface area contributed by atoms with Crippen LogP contribution < -0.4 is 10.6 Å². The predicted octanol–water partition coefficient (Wildman–Crippen LogP) is 4.44. The monoisotopic (exact) mass is 434 g/mol. The molecule has 0 heterocycles. The minimum absolute atomic E-state index is 0.0628. The van der Waals surface area contributed by atoms with Crippen LogP contribution in [0.5, 0.6) is 0 Å². The second-order valence-electron chi connectivity index (χ2n) is 5.71. The maximum absolute atomic E-state index is 13.3. The summed E-state index contributed by atoms with van der Waals surface area (Å²) >= 11 is 5.60. The van der Waals surface area contributed by atoms with Crippen molar-refractivity contribution in [2.24, 2.45) is 0 Å². The minimum Gasteiger partial charge on any atom is -0.463 e. The zero-order chi connectivity index (χ0) is 21.8. The standard InChI is InChI=1S/C18H15ClF4N2O4/c1-2-29-15(26)17(28,18(21,22)23)10-3-5-11(6-4-10)24-16(27)25-12-7-8-14(20)13(19)9-12/h3-9,28H,2H2,1H3,(H2,24,25,27). The first kappa shape index (κ1) is 22.4. The fraction of sp³-hybridized carbons (Fsp3) is 0.222. The largest absolute Gasteiger partial charge is 0.463 e. The Labute approximate surface area is 167 Å². The van der Waals surface area contributed by atoms with Gasteiger partial charge in [-0.1, -0.05) is 23.7 Å². The van der Waals surface area contributed by atoms with E-state index in [0.29, 0.717) is 0 Å². The van der Waals surface area contributed by atoms with E-state index in [4.69, 9.17) is 11.6 Å². The number of carbonyl (C=O) groups is 2. The Balaban J connectivity index is 2.16. The van der Waals surface area contributed by atoms with Crippen molar-refractivity contribution in [2.75, 3.05) is 17.2 Å². The number of anilines is 2. The summed E-state index contributed by atoms with van der Waals surface area (Å²) in [6.07, 6.45) is -5.33. The zero-order valence-electron chi connectivity index (χ0n) is 14.8. The van der Waals surface area contributed by atoms with Gasteiger partial charge in [0.1, 0.15) is 5.82 Å². The third-order valence-corrected chi connectivity index (χ3v) is 4.01. The molecule has 0 saturated carbocycles. The van der Waals surface area contributed by atoms with Gasteiger partial charge in [-0.05, 0) is 37.3 Å². The number of urea groups is 1. The van der Waals surface area contributed by atoms with Gasteiger partial charge in [0.25, 0.3) is 5.60 Å². The van der Waals surface area contributed by atoms with Gasteiger partial charge in [0.05, 0.1) is 11.6 Å². The summed E-state index contributed by atoms with van der Waals surface area (Å²) in [7, 11) is 0. The van der Waals surface area contributed by atoms with E-state index in [-0.39, 0.29) is 23.0 Å². The molecule has 0 saturated heterocycles. The first-order valence-corrected chi connectivity index (χ1v) is 8.46. The van der Waals surface area contributed by atoms with Crippen LogP contribution >= 0.6 is 11.6 Å². The molecule has 2 aromatic rings. The number of benzene rings is 2. The highest BCUT2D eigenvalue weighted by Gasteiger charge is 2.62. The van der Waals surface area contributed by atoms with E-state index in [1.54, 1.807) is 0 Å². The summed E-state index contributed by atoms with van der Waals surface area (Å²) in [5.74, 6) is -2.54. The lowest BCUT2D eigenvalue weighted by atomic mass is 9.93. The van der Waals surface area contributed by atoms with E-state index < -0.39 is 35.2 Å². The van der Waals surface area contributed by atoms with Crippen LogP contribution in [0.25, 0.3) is 0 Å². The second-order valence-corrected chi connectivity index (χ2v) is 6.12. The molecular formula is C18H15ClF4N2O4. The van der Waals surface area contributed by atoms with Crippen molar-refractivity contribution in [2.45, 2.75) is 18.7 Å². The summed E-state index contributed by atoms with van der Waals surface area (Å²) in [4.78, 5) is 23.7. The van der Waals surface area contributed by atoms with E-state index in [1.165, 1.54) is 19.1 Å². The molecule has 0 aliphatic carbocycles. The van der Waals surface area contributed by atoms with E-state index in [0.717, 1.165) is 30.3 Å². The fourth-order valence-corrected chi connectivity index (χ4v) is 2.48. The number of hydrogen-bond donors (Lipinski definition) is 3. The maximum atomic E-state index is 13.3. The SMILES string of the molecule is CCOC(=O)C(O)(c1ccc(NC(=O)Nc2ccc(F)c(Cl)c2)cc1)C(F)(F)F. The summed E-state index contributed by atoms with van der Waals surface area (Å²) in [6.45, 7) is 0.944. The molecule has 2 amide bonds. The average molecular weight is 435 g/mol. The predicted molar refractivity (Wildman–Crippen MR) is 97.1 cm³/mol. The summed E-state index contributed by atoms with van der Waals surface area (Å²) in [6, 6.07) is 6.46. The molecule has 0 aliphatic heterocycles. The van der Waals surface area contributed by atoms with Gasteiger partial charge in [0.2, 0.25) is 0 Å². The molecule has 2 rings (SSSR count). The number of alkyl halides is 3. The third-order valence-electron chi connectivity index (χ3n) is 3.72. The van der Waals surface area contributed by atoms with Gasteiger partial charge in [-0.2, -0.15) is 13.2 Å². The van der Waals surface area contributed by atoms with Gasteiger partial charge in [-0.25, -0.2) is 14.0 Å². The minimum atomic E-state index is -5.33. The number of aliphatic hydroxyl groups is 1. The van der Waals surface area contributed by atoms with Crippen LogP contribution in [0, 0.1) is 5.82 Å². The van der Waals surface area contributed by atoms with Crippen molar-refractivity contribution in [3.8, 4) is 0 Å². The number of hydrogen-bond acceptors (Lipinski definition) is 4. The Hall–Kier alpha value is -2.85. The molecule has 1 unspecified atom stereocenters. The Morgan fingerprint density at radius 3 is 2.14 bits per heavy atom. The van der Waals surface area contributed by atoms with Crippen molar-refractivity contribution in [1.29, 1.82) is 0 Å². The van der Waals surface area contributed by atoms with Gasteiger partial charge >= 0.3 is 18.2 Å². The number of carbonyl (C=O) groups excluding carboxylic acids is 2. The zero-order valence-corrected chi connectivity index (χ0v) is 15.6. The van der Waals surface area contributed by atoms with Crippen molar-refractivity contribution in [3.05, 3.63) is 58.9 Å². The van der Waals surface area contributed by atoms with E-state index in [2.05, 4.69) is 15.4 Å². The highest BCUT2D eigenvalue weighted by atomic mass is 35.5. The molecule has 2 aromatic carbocycles. The summed E-state index contributed by atoms with van der Waals surface area (Å²) in [5, 5.41) is 14.5. The van der Waals surface area contributed by atoms with Crippen molar-refractivity contribution in [1.82, 2.24) is 0 Å². The molecule has 0 spiro atoms. The number of nitrogens with one attached hydrogen (secondary N) is 2. The molecule has 11 heteroatoms. The number of rotatable bonds is 5. The number of amides is 2. The normalized spacial score (nSPS) is 13.3. The summed E-state index contributed by atoms with van der Waals surface area (Å²) in [5.41, 5.74) is -4.39. The quantitative estimate of drug-likeness (QED) is 0.479. The van der Waals surface area contributed by atoms with Crippen molar-refractivity contribution < 1.29 is 37.0 Å². The van der Waals surface area contributed by atoms with Crippen LogP contribution in [-0.2, 0) is 15.1 Å². The summed E-state index contributed by atoms with van der Waals surface area (Å²) < 4.78 is 57.4. The lowest BCUT2D eigenvalue weighted by Crippen LogP contribution is -2.50. The van der Waals surface area contributed by atoms with Crippen LogP contribution in [0.4, 0.5) is 33.7 Å². The molecule has 29 heavy (non-hydrogen) atoms. The Morgan fingerprint density at radius 1 is 1.07 bits per heavy atom. The van der Waals surface area contributed by atoms with Gasteiger partial charge in [0.15, 0.2) is 0 Å². The molecule has 0 aliphatic rings. The van der Waals surface area contributed by atoms with Gasteiger partial charge in [-0.3, -0.25) is 0 Å². The molecular weight excluding hydrogens is 420 g/mol. The van der Waals surface area contributed by atoms with Crippen LogP contribution in [0.3, 0.4) is 0 Å². The highest BCUT2D eigenvalue weighted by molar-refractivity contribution is 6.31. The number of esters is 1. The first-order chi connectivity index (χ1) is 13.5. The van der Waals surface area contributed by atoms with Crippen LogP contribution in [-0.4, -0.2) is 29.9 Å². The lowest BCUT2D eigenvalue weighted by molar-refractivity contribution is -0.267. The number of halogens is 5. The van der Waals surface area contributed by atoms with Crippen LogP contribution in [0.1, 0.15) is 12.5 Å². The maximum Gasteiger partial charge on any atom is 0.432 e. The van der Waals surface area contributed by atoms with Gasteiger partial charge in [0, 0.05) is 16.9 Å². The van der Waals surface area contributed by atoms with E-state index in [9.17, 15) is 32.3 Å². The van der Waals surface area contributed by atoms with E-state index >= 15 is 0 Å². The first-order valence-electron chi connectivity index (χ1n) is 8.09. The Morgan fingerprint density at radius 2 is 1.62 bits per heavy atom. The van der Waals surface area contributed by atoms with Gasteiger partial charge < -0.3 is 20.5 Å². The topological polar surface area (TPSA) is 87.7 Å². The molecule has 156 valence electrons. The second kappa shape index (κ2) is 8.66. The Bertz CT molecular complexity index is 906. The van der Waals surface area contributed by atoms with E-state index in [1.807, 2.05) is 0 Å². The fourth-order valence-electron chi connectivity index (χ4n) is 2.29. The van der Waals surface area contributed by atoms with Crippen LogP contribution in [0.2, 0.25) is 5.02 Å². The smallest absolute Gasteiger partial charge is 0.432 e. The van der Waals surface area contributed by atoms with Crippen molar-refractivity contribution in [3.63, 3.8) is 0 Å². The van der Waals surface area contributed by atoms with Crippen molar-refractivity contribution >= 4 is 35.0 Å². The lowest BCUT2D eigenvalue weighted by Gasteiger charge is -2.28.